The maximum atomic E-state index is 12.3. The lowest BCUT2D eigenvalue weighted by atomic mass is 10.2. The molecule has 0 saturated carbocycles. The van der Waals surface area contributed by atoms with Gasteiger partial charge in [0.1, 0.15) is 6.04 Å². The molecule has 1 aliphatic heterocycles. The number of hydroxylamine groups is 2. The first-order chi connectivity index (χ1) is 10.7. The quantitative estimate of drug-likeness (QED) is 0.718. The molecule has 3 aromatic rings. The number of carbonyl (C=O) groups is 1. The molecule has 2 heterocycles. The fraction of sp³-hybridized carbons (Fsp3) is 0.118. The summed E-state index contributed by atoms with van der Waals surface area (Å²) in [5.74, 6) is 0. The fourth-order valence-corrected chi connectivity index (χ4v) is 3.93. The SMILES string of the molecule is O=C1N(c2ccccc2)CC(c2cc3ccccc3s2)N1O. The summed E-state index contributed by atoms with van der Waals surface area (Å²) in [4.78, 5) is 14.9. The maximum Gasteiger partial charge on any atom is 0.348 e. The van der Waals surface area contributed by atoms with E-state index in [1.54, 1.807) is 16.2 Å². The van der Waals surface area contributed by atoms with Gasteiger partial charge in [0.15, 0.2) is 0 Å². The van der Waals surface area contributed by atoms with E-state index in [2.05, 4.69) is 12.1 Å². The van der Waals surface area contributed by atoms with Crippen LogP contribution in [0.25, 0.3) is 10.1 Å². The molecular weight excluding hydrogens is 296 g/mol. The van der Waals surface area contributed by atoms with E-state index in [0.717, 1.165) is 25.7 Å². The molecule has 2 aromatic carbocycles. The van der Waals surface area contributed by atoms with Crippen molar-refractivity contribution in [1.82, 2.24) is 5.06 Å². The number of anilines is 1. The van der Waals surface area contributed by atoms with Crippen LogP contribution in [0, 0.1) is 0 Å². The zero-order valence-electron chi connectivity index (χ0n) is 11.7. The van der Waals surface area contributed by atoms with Crippen LogP contribution in [-0.2, 0) is 0 Å². The summed E-state index contributed by atoms with van der Waals surface area (Å²) >= 11 is 1.62. The molecule has 0 radical (unpaired) electrons. The van der Waals surface area contributed by atoms with Crippen molar-refractivity contribution in [3.63, 3.8) is 0 Å². The molecule has 2 amide bonds. The van der Waals surface area contributed by atoms with Crippen LogP contribution < -0.4 is 4.90 Å². The van der Waals surface area contributed by atoms with Crippen LogP contribution in [0.15, 0.2) is 60.7 Å². The van der Waals surface area contributed by atoms with Gasteiger partial charge in [-0.2, -0.15) is 5.06 Å². The lowest BCUT2D eigenvalue weighted by molar-refractivity contribution is -0.0571. The second kappa shape index (κ2) is 5.12. The van der Waals surface area contributed by atoms with Crippen LogP contribution in [0.5, 0.6) is 0 Å². The summed E-state index contributed by atoms with van der Waals surface area (Å²) < 4.78 is 1.16. The number of urea groups is 1. The number of fused-ring (bicyclic) bond motifs is 1. The largest absolute Gasteiger partial charge is 0.348 e. The predicted octanol–water partition coefficient (Wildman–Crippen LogP) is 4.27. The average molecular weight is 310 g/mol. The minimum atomic E-state index is -0.381. The summed E-state index contributed by atoms with van der Waals surface area (Å²) in [6.07, 6.45) is 0. The van der Waals surface area contributed by atoms with Crippen molar-refractivity contribution in [2.75, 3.05) is 11.4 Å². The lowest BCUT2D eigenvalue weighted by Gasteiger charge is -2.14. The molecule has 110 valence electrons. The Morgan fingerprint density at radius 1 is 1.05 bits per heavy atom. The Balaban J connectivity index is 1.69. The van der Waals surface area contributed by atoms with Gasteiger partial charge in [0.05, 0.1) is 6.54 Å². The van der Waals surface area contributed by atoms with Gasteiger partial charge < -0.3 is 0 Å². The molecular formula is C17H14N2O2S. The fourth-order valence-electron chi connectivity index (χ4n) is 2.79. The van der Waals surface area contributed by atoms with Crippen LogP contribution in [-0.4, -0.2) is 22.8 Å². The molecule has 1 aromatic heterocycles. The van der Waals surface area contributed by atoms with Crippen LogP contribution >= 0.6 is 11.3 Å². The number of amides is 2. The first-order valence-electron chi connectivity index (χ1n) is 7.07. The molecule has 1 unspecified atom stereocenters. The number of hydrogen-bond donors (Lipinski definition) is 1. The van der Waals surface area contributed by atoms with E-state index >= 15 is 0 Å². The van der Waals surface area contributed by atoms with Gasteiger partial charge >= 0.3 is 6.03 Å². The Bertz CT molecular complexity index is 798. The molecule has 1 atom stereocenters. The van der Waals surface area contributed by atoms with E-state index in [0.29, 0.717) is 6.54 Å². The number of benzene rings is 2. The number of carbonyl (C=O) groups excluding carboxylic acids is 1. The number of nitrogens with zero attached hydrogens (tertiary/aromatic N) is 2. The van der Waals surface area contributed by atoms with Crippen molar-refractivity contribution in [3.8, 4) is 0 Å². The van der Waals surface area contributed by atoms with Gasteiger partial charge in [0.25, 0.3) is 0 Å². The Kier molecular flexibility index (Phi) is 3.10. The first-order valence-corrected chi connectivity index (χ1v) is 7.89. The Morgan fingerprint density at radius 3 is 2.55 bits per heavy atom. The minimum absolute atomic E-state index is 0.329. The highest BCUT2D eigenvalue weighted by Crippen LogP contribution is 2.37. The summed E-state index contributed by atoms with van der Waals surface area (Å²) in [5.41, 5.74) is 0.801. The van der Waals surface area contributed by atoms with Crippen LogP contribution in [0.3, 0.4) is 0 Å². The normalized spacial score (nSPS) is 18.4. The molecule has 1 aliphatic rings. The lowest BCUT2D eigenvalue weighted by Crippen LogP contribution is -2.29. The number of para-hydroxylation sites is 1. The molecule has 5 heteroatoms. The number of hydrogen-bond acceptors (Lipinski definition) is 3. The molecule has 1 fully saturated rings. The summed E-state index contributed by atoms with van der Waals surface area (Å²) in [6, 6.07) is 18.9. The third-order valence-corrected chi connectivity index (χ3v) is 5.14. The molecule has 4 rings (SSSR count). The van der Waals surface area contributed by atoms with Crippen molar-refractivity contribution in [1.29, 1.82) is 0 Å². The monoisotopic (exact) mass is 310 g/mol. The molecule has 22 heavy (non-hydrogen) atoms. The Morgan fingerprint density at radius 2 is 1.77 bits per heavy atom. The first kappa shape index (κ1) is 13.3. The minimum Gasteiger partial charge on any atom is -0.290 e. The van der Waals surface area contributed by atoms with E-state index in [-0.39, 0.29) is 12.1 Å². The van der Waals surface area contributed by atoms with Gasteiger partial charge in [-0.25, -0.2) is 4.79 Å². The van der Waals surface area contributed by atoms with E-state index in [4.69, 9.17) is 0 Å². The number of thiophene rings is 1. The van der Waals surface area contributed by atoms with Crippen molar-refractivity contribution < 1.29 is 10.0 Å². The Labute approximate surface area is 131 Å². The van der Waals surface area contributed by atoms with Crippen molar-refractivity contribution in [2.24, 2.45) is 0 Å². The van der Waals surface area contributed by atoms with Crippen molar-refractivity contribution in [2.45, 2.75) is 6.04 Å². The summed E-state index contributed by atoms with van der Waals surface area (Å²) in [7, 11) is 0. The molecule has 0 spiro atoms. The topological polar surface area (TPSA) is 43.8 Å². The molecule has 0 aliphatic carbocycles. The zero-order chi connectivity index (χ0) is 15.1. The molecule has 4 nitrogen and oxygen atoms in total. The zero-order valence-corrected chi connectivity index (χ0v) is 12.5. The predicted molar refractivity (Wildman–Crippen MR) is 87.4 cm³/mol. The van der Waals surface area contributed by atoms with E-state index in [1.807, 2.05) is 48.5 Å². The smallest absolute Gasteiger partial charge is 0.290 e. The van der Waals surface area contributed by atoms with Crippen LogP contribution in [0.2, 0.25) is 0 Å². The molecule has 1 saturated heterocycles. The van der Waals surface area contributed by atoms with Gasteiger partial charge in [-0.3, -0.25) is 10.1 Å². The van der Waals surface area contributed by atoms with E-state index in [9.17, 15) is 10.0 Å². The second-order valence-electron chi connectivity index (χ2n) is 5.28. The van der Waals surface area contributed by atoms with Gasteiger partial charge in [0, 0.05) is 15.3 Å². The summed E-state index contributed by atoms with van der Waals surface area (Å²) in [5, 5.41) is 12.2. The number of rotatable bonds is 2. The Hall–Kier alpha value is -2.37. The van der Waals surface area contributed by atoms with Gasteiger partial charge in [-0.05, 0) is 29.7 Å². The maximum absolute atomic E-state index is 12.3. The van der Waals surface area contributed by atoms with Crippen LogP contribution in [0.4, 0.5) is 10.5 Å². The summed E-state index contributed by atoms with van der Waals surface area (Å²) in [6.45, 7) is 0.451. The van der Waals surface area contributed by atoms with Gasteiger partial charge in [-0.1, -0.05) is 36.4 Å². The molecule has 0 bridgehead atoms. The highest BCUT2D eigenvalue weighted by molar-refractivity contribution is 7.19. The second-order valence-corrected chi connectivity index (χ2v) is 6.39. The molecule has 1 N–H and O–H groups in total. The average Bonchev–Trinajstić information content (AvgIpc) is 3.10. The third kappa shape index (κ3) is 2.06. The highest BCUT2D eigenvalue weighted by atomic mass is 32.1. The van der Waals surface area contributed by atoms with Gasteiger partial charge in [0.2, 0.25) is 0 Å². The van der Waals surface area contributed by atoms with Crippen LogP contribution in [0.1, 0.15) is 10.9 Å². The van der Waals surface area contributed by atoms with E-state index < -0.39 is 0 Å². The van der Waals surface area contributed by atoms with Crippen molar-refractivity contribution in [3.05, 3.63) is 65.5 Å². The van der Waals surface area contributed by atoms with Crippen molar-refractivity contribution >= 4 is 33.1 Å². The highest BCUT2D eigenvalue weighted by Gasteiger charge is 2.39. The standard InChI is InChI=1S/C17H14N2O2S/c20-17-18(13-7-2-1-3-8-13)11-14(19(17)21)16-10-12-6-4-5-9-15(12)22-16/h1-10,14,21H,11H2. The van der Waals surface area contributed by atoms with Gasteiger partial charge in [-0.15, -0.1) is 11.3 Å². The third-order valence-electron chi connectivity index (χ3n) is 3.92. The van der Waals surface area contributed by atoms with E-state index in [1.165, 1.54) is 0 Å².